The Bertz CT molecular complexity index is 543. The molecule has 0 saturated heterocycles. The van der Waals surface area contributed by atoms with Crippen LogP contribution in [0.15, 0.2) is 23.1 Å². The molecule has 0 fully saturated rings. The number of aliphatic hydroxyl groups excluding tert-OH is 1. The fourth-order valence-electron chi connectivity index (χ4n) is 1.31. The van der Waals surface area contributed by atoms with Crippen molar-refractivity contribution >= 4 is 15.7 Å². The molecule has 0 aliphatic rings. The molecule has 7 heteroatoms. The second kappa shape index (κ2) is 4.83. The van der Waals surface area contributed by atoms with E-state index in [1.165, 1.54) is 19.2 Å². The van der Waals surface area contributed by atoms with Gasteiger partial charge in [0.25, 0.3) is 0 Å². The summed E-state index contributed by atoms with van der Waals surface area (Å²) in [6.45, 7) is 2.75. The molecule has 18 heavy (non-hydrogen) atoms. The smallest absolute Gasteiger partial charge is 0.245 e. The number of hydrogen-bond donors (Lipinski definition) is 2. The molecule has 0 radical (unpaired) electrons. The lowest BCUT2D eigenvalue weighted by Gasteiger charge is -2.33. The van der Waals surface area contributed by atoms with Crippen LogP contribution in [0.5, 0.6) is 0 Å². The number of halogens is 1. The number of aliphatic hydroxyl groups is 1. The summed E-state index contributed by atoms with van der Waals surface area (Å²) in [6.07, 6.45) is 0. The van der Waals surface area contributed by atoms with E-state index in [0.29, 0.717) is 0 Å². The summed E-state index contributed by atoms with van der Waals surface area (Å²) >= 11 is 0. The van der Waals surface area contributed by atoms with E-state index in [4.69, 9.17) is 5.73 Å². The lowest BCUT2D eigenvalue weighted by Crippen LogP contribution is -2.47. The van der Waals surface area contributed by atoms with Crippen molar-refractivity contribution in [3.8, 4) is 0 Å². The van der Waals surface area contributed by atoms with Crippen LogP contribution < -0.4 is 5.73 Å². The lowest BCUT2D eigenvalue weighted by molar-refractivity contribution is 0.138. The first-order chi connectivity index (χ1) is 8.14. The van der Waals surface area contributed by atoms with E-state index < -0.39 is 27.1 Å². The van der Waals surface area contributed by atoms with Crippen LogP contribution in [0, 0.1) is 5.82 Å². The number of para-hydroxylation sites is 1. The molecule has 0 atom stereocenters. The molecule has 3 N–H and O–H groups in total. The predicted octanol–water partition coefficient (Wildman–Crippen LogP) is 0.799. The van der Waals surface area contributed by atoms with Gasteiger partial charge in [-0.25, -0.2) is 12.8 Å². The van der Waals surface area contributed by atoms with Gasteiger partial charge < -0.3 is 10.8 Å². The van der Waals surface area contributed by atoms with Crippen LogP contribution in [-0.2, 0) is 10.0 Å². The maximum atomic E-state index is 13.3. The molecule has 0 unspecified atom stereocenters. The van der Waals surface area contributed by atoms with E-state index in [-0.39, 0.29) is 11.5 Å². The molecule has 1 rings (SSSR count). The fourth-order valence-corrected chi connectivity index (χ4v) is 2.94. The topological polar surface area (TPSA) is 83.6 Å². The van der Waals surface area contributed by atoms with Crippen molar-refractivity contribution in [1.29, 1.82) is 0 Å². The normalized spacial score (nSPS) is 13.0. The molecule has 0 saturated carbocycles. The molecule has 0 amide bonds. The SMILES string of the molecule is CN(C(C)(C)CO)S(=O)(=O)c1cccc(F)c1N. The highest BCUT2D eigenvalue weighted by atomic mass is 32.2. The molecule has 0 aromatic heterocycles. The highest BCUT2D eigenvalue weighted by Gasteiger charge is 2.35. The van der Waals surface area contributed by atoms with Crippen molar-refractivity contribution in [3.63, 3.8) is 0 Å². The summed E-state index contributed by atoms with van der Waals surface area (Å²) in [6, 6.07) is 3.60. The van der Waals surface area contributed by atoms with Gasteiger partial charge >= 0.3 is 0 Å². The van der Waals surface area contributed by atoms with E-state index in [1.54, 1.807) is 13.8 Å². The zero-order valence-electron chi connectivity index (χ0n) is 10.5. The van der Waals surface area contributed by atoms with Gasteiger partial charge in [0, 0.05) is 7.05 Å². The number of hydrogen-bond acceptors (Lipinski definition) is 4. The highest BCUT2D eigenvalue weighted by Crippen LogP contribution is 2.27. The Morgan fingerprint density at radius 2 is 2.00 bits per heavy atom. The van der Waals surface area contributed by atoms with Gasteiger partial charge in [-0.05, 0) is 26.0 Å². The first kappa shape index (κ1) is 14.9. The fraction of sp³-hybridized carbons (Fsp3) is 0.455. The number of likely N-dealkylation sites (N-methyl/N-ethyl adjacent to an activating group) is 1. The Balaban J connectivity index is 3.35. The average molecular weight is 276 g/mol. The Kier molecular flexibility index (Phi) is 3.99. The summed E-state index contributed by atoms with van der Waals surface area (Å²) in [5.74, 6) is -0.786. The maximum absolute atomic E-state index is 13.3. The van der Waals surface area contributed by atoms with Gasteiger partial charge in [-0.15, -0.1) is 0 Å². The summed E-state index contributed by atoms with van der Waals surface area (Å²) in [5, 5.41) is 9.19. The number of anilines is 1. The number of nitrogens with zero attached hydrogens (tertiary/aromatic N) is 1. The van der Waals surface area contributed by atoms with Crippen LogP contribution in [0.1, 0.15) is 13.8 Å². The molecule has 0 bridgehead atoms. The van der Waals surface area contributed by atoms with E-state index >= 15 is 0 Å². The van der Waals surface area contributed by atoms with Gasteiger partial charge in [-0.1, -0.05) is 6.07 Å². The predicted molar refractivity (Wildman–Crippen MR) is 66.9 cm³/mol. The summed E-state index contributed by atoms with van der Waals surface area (Å²) in [4.78, 5) is -0.300. The third-order valence-corrected chi connectivity index (χ3v) is 5.02. The van der Waals surface area contributed by atoms with Crippen LogP contribution in [0.25, 0.3) is 0 Å². The second-order valence-corrected chi connectivity index (χ2v) is 6.53. The number of nitrogen functional groups attached to an aromatic ring is 1. The number of sulfonamides is 1. The van der Waals surface area contributed by atoms with Crippen LogP contribution in [0.4, 0.5) is 10.1 Å². The Morgan fingerprint density at radius 1 is 1.44 bits per heavy atom. The summed E-state index contributed by atoms with van der Waals surface area (Å²) in [5.41, 5.74) is 4.03. The molecular weight excluding hydrogens is 259 g/mol. The first-order valence-corrected chi connectivity index (χ1v) is 6.72. The number of nitrogens with two attached hydrogens (primary N) is 1. The van der Waals surface area contributed by atoms with Crippen LogP contribution in [0.3, 0.4) is 0 Å². The largest absolute Gasteiger partial charge is 0.395 e. The van der Waals surface area contributed by atoms with Crippen LogP contribution in [0.2, 0.25) is 0 Å². The standard InChI is InChI=1S/C11H17FN2O3S/c1-11(2,7-15)14(3)18(16,17)9-6-4-5-8(12)10(9)13/h4-6,15H,7,13H2,1-3H3. The summed E-state index contributed by atoms with van der Waals surface area (Å²) in [7, 11) is -2.64. The molecule has 0 aliphatic carbocycles. The van der Waals surface area contributed by atoms with Crippen LogP contribution in [-0.4, -0.2) is 37.0 Å². The zero-order valence-corrected chi connectivity index (χ0v) is 11.3. The molecule has 102 valence electrons. The number of rotatable bonds is 4. The van der Waals surface area contributed by atoms with E-state index in [9.17, 15) is 17.9 Å². The van der Waals surface area contributed by atoms with E-state index in [0.717, 1.165) is 10.4 Å². The minimum atomic E-state index is -3.95. The van der Waals surface area contributed by atoms with Crippen molar-refractivity contribution in [2.75, 3.05) is 19.4 Å². The molecule has 0 spiro atoms. The monoisotopic (exact) mass is 276 g/mol. The van der Waals surface area contributed by atoms with Crippen molar-refractivity contribution in [1.82, 2.24) is 4.31 Å². The van der Waals surface area contributed by atoms with E-state index in [1.807, 2.05) is 0 Å². The molecule has 0 aliphatic heterocycles. The van der Waals surface area contributed by atoms with E-state index in [2.05, 4.69) is 0 Å². The van der Waals surface area contributed by atoms with Gasteiger partial charge in [0.2, 0.25) is 10.0 Å². The lowest BCUT2D eigenvalue weighted by atomic mass is 10.1. The minimum Gasteiger partial charge on any atom is -0.395 e. The summed E-state index contributed by atoms with van der Waals surface area (Å²) < 4.78 is 38.8. The van der Waals surface area contributed by atoms with Crippen molar-refractivity contribution in [3.05, 3.63) is 24.0 Å². The molecular formula is C11H17FN2O3S. The zero-order chi connectivity index (χ0) is 14.1. The van der Waals surface area contributed by atoms with Gasteiger partial charge in [0.05, 0.1) is 17.8 Å². The third kappa shape index (κ3) is 2.47. The van der Waals surface area contributed by atoms with Gasteiger partial charge in [-0.2, -0.15) is 4.31 Å². The van der Waals surface area contributed by atoms with Crippen molar-refractivity contribution in [2.24, 2.45) is 0 Å². The number of benzene rings is 1. The van der Waals surface area contributed by atoms with Crippen LogP contribution >= 0.6 is 0 Å². The third-order valence-electron chi connectivity index (χ3n) is 2.89. The molecule has 1 aromatic rings. The van der Waals surface area contributed by atoms with Gasteiger partial charge in [0.15, 0.2) is 0 Å². The highest BCUT2D eigenvalue weighted by molar-refractivity contribution is 7.89. The van der Waals surface area contributed by atoms with Gasteiger partial charge in [0.1, 0.15) is 10.7 Å². The molecule has 0 heterocycles. The van der Waals surface area contributed by atoms with Gasteiger partial charge in [-0.3, -0.25) is 0 Å². The van der Waals surface area contributed by atoms with Crippen molar-refractivity contribution < 1.29 is 17.9 Å². The first-order valence-electron chi connectivity index (χ1n) is 5.28. The Morgan fingerprint density at radius 3 is 2.50 bits per heavy atom. The van der Waals surface area contributed by atoms with Crippen molar-refractivity contribution in [2.45, 2.75) is 24.3 Å². The second-order valence-electron chi connectivity index (χ2n) is 4.59. The average Bonchev–Trinajstić information content (AvgIpc) is 2.31. The minimum absolute atomic E-state index is 0.300. The molecule has 1 aromatic carbocycles. The molecule has 5 nitrogen and oxygen atoms in total. The quantitative estimate of drug-likeness (QED) is 0.797. The Labute approximate surface area is 106 Å². The Hall–Kier alpha value is -1.18. The maximum Gasteiger partial charge on any atom is 0.245 e.